The van der Waals surface area contributed by atoms with Crippen LogP contribution in [0.1, 0.15) is 36.8 Å². The third-order valence-corrected chi connectivity index (χ3v) is 6.50. The van der Waals surface area contributed by atoms with E-state index in [2.05, 4.69) is 10.6 Å². The van der Waals surface area contributed by atoms with E-state index in [0.717, 1.165) is 22.3 Å². The number of carboxylic acids is 1. The highest BCUT2D eigenvalue weighted by Crippen LogP contribution is 2.54. The van der Waals surface area contributed by atoms with Crippen LogP contribution in [0.5, 0.6) is 0 Å². The Morgan fingerprint density at radius 1 is 1.06 bits per heavy atom. The lowest BCUT2D eigenvalue weighted by Gasteiger charge is -2.17. The summed E-state index contributed by atoms with van der Waals surface area (Å²) in [6.45, 7) is 1.49. The van der Waals surface area contributed by atoms with Crippen molar-refractivity contribution in [1.82, 2.24) is 10.6 Å². The summed E-state index contributed by atoms with van der Waals surface area (Å²) >= 11 is 0. The lowest BCUT2D eigenvalue weighted by molar-refractivity contribution is -0.141. The van der Waals surface area contributed by atoms with Gasteiger partial charge in [-0.3, -0.25) is 9.59 Å². The molecule has 1 saturated carbocycles. The number of aliphatic carboxylic acids is 1. The SMILES string of the molecule is CC(CCC(=O)NC[C@@H]1[C@H](C(=O)O)C1(F)F)NC(=O)OCC1c2ccccc2-c2ccccc21. The number of amides is 2. The molecular formula is C25H26F2N2O5. The Morgan fingerprint density at radius 2 is 1.65 bits per heavy atom. The number of rotatable bonds is 9. The van der Waals surface area contributed by atoms with Gasteiger partial charge >= 0.3 is 12.1 Å². The van der Waals surface area contributed by atoms with E-state index in [1.54, 1.807) is 6.92 Å². The first-order chi connectivity index (χ1) is 16.2. The van der Waals surface area contributed by atoms with Gasteiger partial charge in [0.05, 0.1) is 5.92 Å². The molecule has 0 radical (unpaired) electrons. The Labute approximate surface area is 195 Å². The first-order valence-electron chi connectivity index (χ1n) is 11.2. The minimum Gasteiger partial charge on any atom is -0.481 e. The van der Waals surface area contributed by atoms with Crippen LogP contribution in [0, 0.1) is 11.8 Å². The number of nitrogens with one attached hydrogen (secondary N) is 2. The molecule has 1 fully saturated rings. The van der Waals surface area contributed by atoms with Gasteiger partial charge in [0.15, 0.2) is 0 Å². The Bertz CT molecular complexity index is 1060. The molecular weight excluding hydrogens is 446 g/mol. The largest absolute Gasteiger partial charge is 0.481 e. The highest BCUT2D eigenvalue weighted by molar-refractivity contribution is 5.79. The lowest BCUT2D eigenvalue weighted by atomic mass is 9.98. The summed E-state index contributed by atoms with van der Waals surface area (Å²) in [4.78, 5) is 35.0. The van der Waals surface area contributed by atoms with Gasteiger partial charge in [-0.05, 0) is 35.6 Å². The van der Waals surface area contributed by atoms with E-state index in [9.17, 15) is 23.2 Å². The van der Waals surface area contributed by atoms with E-state index in [1.807, 2.05) is 48.5 Å². The Balaban J connectivity index is 1.20. The summed E-state index contributed by atoms with van der Waals surface area (Å²) in [5.74, 6) is -8.53. The van der Waals surface area contributed by atoms with Crippen molar-refractivity contribution in [3.8, 4) is 11.1 Å². The van der Waals surface area contributed by atoms with Crippen LogP contribution in [-0.4, -0.2) is 48.2 Å². The fourth-order valence-electron chi connectivity index (χ4n) is 4.55. The summed E-state index contributed by atoms with van der Waals surface area (Å²) < 4.78 is 32.2. The van der Waals surface area contributed by atoms with Crippen molar-refractivity contribution < 1.29 is 33.0 Å². The van der Waals surface area contributed by atoms with E-state index in [4.69, 9.17) is 9.84 Å². The molecule has 1 unspecified atom stereocenters. The number of ether oxygens (including phenoxy) is 1. The maximum atomic E-state index is 13.4. The first kappa shape index (κ1) is 23.7. The molecule has 0 saturated heterocycles. The summed E-state index contributed by atoms with van der Waals surface area (Å²) in [6.07, 6.45) is -0.322. The van der Waals surface area contributed by atoms with Gasteiger partial charge in [-0.1, -0.05) is 48.5 Å². The zero-order chi connectivity index (χ0) is 24.5. The minimum absolute atomic E-state index is 0.000845. The molecule has 2 aliphatic rings. The number of alkyl halides is 2. The molecule has 0 aliphatic heterocycles. The molecule has 3 atom stereocenters. The minimum atomic E-state index is -3.29. The van der Waals surface area contributed by atoms with Crippen LogP contribution in [-0.2, 0) is 14.3 Å². The molecule has 0 spiro atoms. The van der Waals surface area contributed by atoms with Crippen LogP contribution in [0.2, 0.25) is 0 Å². The van der Waals surface area contributed by atoms with Crippen molar-refractivity contribution in [3.05, 3.63) is 59.7 Å². The van der Waals surface area contributed by atoms with Gasteiger partial charge in [-0.15, -0.1) is 0 Å². The predicted molar refractivity (Wildman–Crippen MR) is 119 cm³/mol. The molecule has 180 valence electrons. The van der Waals surface area contributed by atoms with Gasteiger partial charge in [-0.2, -0.15) is 0 Å². The fraction of sp³-hybridized carbons (Fsp3) is 0.400. The number of alkyl carbamates (subject to hydrolysis) is 1. The quantitative estimate of drug-likeness (QED) is 0.515. The average molecular weight is 472 g/mol. The lowest BCUT2D eigenvalue weighted by Crippen LogP contribution is -2.35. The van der Waals surface area contributed by atoms with Crippen LogP contribution < -0.4 is 10.6 Å². The van der Waals surface area contributed by atoms with Crippen LogP contribution in [0.3, 0.4) is 0 Å². The highest BCUT2D eigenvalue weighted by atomic mass is 19.3. The van der Waals surface area contributed by atoms with Gasteiger partial charge < -0.3 is 20.5 Å². The van der Waals surface area contributed by atoms with Crippen molar-refractivity contribution in [2.24, 2.45) is 11.8 Å². The van der Waals surface area contributed by atoms with E-state index in [0.29, 0.717) is 0 Å². The van der Waals surface area contributed by atoms with Gasteiger partial charge in [-0.25, -0.2) is 13.6 Å². The second-order valence-electron chi connectivity index (χ2n) is 8.81. The predicted octanol–water partition coefficient (Wildman–Crippen LogP) is 3.78. The molecule has 0 heterocycles. The summed E-state index contributed by atoms with van der Waals surface area (Å²) in [5.41, 5.74) is 4.47. The maximum absolute atomic E-state index is 13.4. The molecule has 3 N–H and O–H groups in total. The molecule has 0 aromatic heterocycles. The van der Waals surface area contributed by atoms with E-state index >= 15 is 0 Å². The third-order valence-electron chi connectivity index (χ3n) is 6.50. The molecule has 0 bridgehead atoms. The van der Waals surface area contributed by atoms with Gasteiger partial charge in [0.2, 0.25) is 5.91 Å². The van der Waals surface area contributed by atoms with Gasteiger partial charge in [0, 0.05) is 24.9 Å². The number of hydrogen-bond donors (Lipinski definition) is 3. The number of carboxylic acid groups (broad SMARTS) is 1. The van der Waals surface area contributed by atoms with E-state index in [1.165, 1.54) is 0 Å². The smallest absolute Gasteiger partial charge is 0.407 e. The second kappa shape index (κ2) is 9.40. The molecule has 2 amide bonds. The van der Waals surface area contributed by atoms with Crippen molar-refractivity contribution in [2.75, 3.05) is 13.2 Å². The normalized spacial score (nSPS) is 20.6. The summed E-state index contributed by atoms with van der Waals surface area (Å²) in [5, 5.41) is 13.8. The second-order valence-corrected chi connectivity index (χ2v) is 8.81. The number of carbonyl (C=O) groups is 3. The van der Waals surface area contributed by atoms with Crippen LogP contribution in [0.15, 0.2) is 48.5 Å². The topological polar surface area (TPSA) is 105 Å². The molecule has 2 aromatic carbocycles. The zero-order valence-electron chi connectivity index (χ0n) is 18.6. The molecule has 2 aromatic rings. The third kappa shape index (κ3) is 4.73. The molecule has 2 aliphatic carbocycles. The van der Waals surface area contributed by atoms with Crippen LogP contribution >= 0.6 is 0 Å². The molecule has 9 heteroatoms. The standard InChI is InChI=1S/C25H26F2N2O5/c1-14(10-11-21(30)28-12-20-22(23(31)32)25(20,26)27)29-24(33)34-13-19-17-8-4-2-6-15(17)16-7-3-5-9-18(16)19/h2-9,14,19-20,22H,10-13H2,1H3,(H,28,30)(H,29,33)(H,31,32)/t14?,20-,22-/m1/s1. The molecule has 34 heavy (non-hydrogen) atoms. The number of benzene rings is 2. The first-order valence-corrected chi connectivity index (χ1v) is 11.2. The van der Waals surface area contributed by atoms with Gasteiger partial charge in [0.1, 0.15) is 12.5 Å². The summed E-state index contributed by atoms with van der Waals surface area (Å²) in [7, 11) is 0. The zero-order valence-corrected chi connectivity index (χ0v) is 18.6. The van der Waals surface area contributed by atoms with Crippen molar-refractivity contribution in [3.63, 3.8) is 0 Å². The highest BCUT2D eigenvalue weighted by Gasteiger charge is 2.72. The Kier molecular flexibility index (Phi) is 6.54. The Morgan fingerprint density at radius 3 is 2.21 bits per heavy atom. The molecule has 7 nitrogen and oxygen atoms in total. The van der Waals surface area contributed by atoms with Crippen LogP contribution in [0.4, 0.5) is 13.6 Å². The van der Waals surface area contributed by atoms with E-state index in [-0.39, 0.29) is 31.4 Å². The number of carbonyl (C=O) groups excluding carboxylic acids is 2. The van der Waals surface area contributed by atoms with Crippen molar-refractivity contribution in [2.45, 2.75) is 37.6 Å². The number of hydrogen-bond acceptors (Lipinski definition) is 4. The van der Waals surface area contributed by atoms with E-state index < -0.39 is 42.3 Å². The molecule has 4 rings (SSSR count). The van der Waals surface area contributed by atoms with Crippen molar-refractivity contribution >= 4 is 18.0 Å². The number of halogens is 2. The van der Waals surface area contributed by atoms with Crippen molar-refractivity contribution in [1.29, 1.82) is 0 Å². The number of fused-ring (bicyclic) bond motifs is 3. The fourth-order valence-corrected chi connectivity index (χ4v) is 4.55. The monoisotopic (exact) mass is 472 g/mol. The van der Waals surface area contributed by atoms with Crippen LogP contribution in [0.25, 0.3) is 11.1 Å². The maximum Gasteiger partial charge on any atom is 0.407 e. The van der Waals surface area contributed by atoms with Gasteiger partial charge in [0.25, 0.3) is 5.92 Å². The average Bonchev–Trinajstić information content (AvgIpc) is 3.22. The summed E-state index contributed by atoms with van der Waals surface area (Å²) in [6, 6.07) is 15.6. The Hall–Kier alpha value is -3.49.